The van der Waals surface area contributed by atoms with Crippen LogP contribution in [0.1, 0.15) is 36.9 Å². The molecule has 0 fully saturated rings. The molecule has 0 bridgehead atoms. The summed E-state index contributed by atoms with van der Waals surface area (Å²) in [7, 11) is 1.84. The summed E-state index contributed by atoms with van der Waals surface area (Å²) in [5.41, 5.74) is 2.52. The SMILES string of the molecule is CC1=NN(C)CC1C(CCC(F)(F)F)c1nc(Br)ccc1C. The summed E-state index contributed by atoms with van der Waals surface area (Å²) in [6.45, 7) is 4.39. The van der Waals surface area contributed by atoms with E-state index in [1.54, 1.807) is 11.1 Å². The quantitative estimate of drug-likeness (QED) is 0.721. The third-order valence-electron chi connectivity index (χ3n) is 4.00. The first-order chi connectivity index (χ1) is 10.2. The van der Waals surface area contributed by atoms with E-state index in [4.69, 9.17) is 0 Å². The van der Waals surface area contributed by atoms with E-state index >= 15 is 0 Å². The van der Waals surface area contributed by atoms with Crippen LogP contribution < -0.4 is 0 Å². The number of alkyl halides is 3. The van der Waals surface area contributed by atoms with Crippen molar-refractivity contribution in [2.45, 2.75) is 38.8 Å². The van der Waals surface area contributed by atoms with Crippen molar-refractivity contribution >= 4 is 21.6 Å². The molecule has 2 heterocycles. The van der Waals surface area contributed by atoms with Crippen LogP contribution in [0.5, 0.6) is 0 Å². The molecule has 0 aliphatic carbocycles. The molecule has 7 heteroatoms. The van der Waals surface area contributed by atoms with Crippen LogP contribution in [0, 0.1) is 12.8 Å². The second kappa shape index (κ2) is 6.56. The summed E-state index contributed by atoms with van der Waals surface area (Å²) in [5.74, 6) is -0.319. The predicted molar refractivity (Wildman–Crippen MR) is 83.9 cm³/mol. The van der Waals surface area contributed by atoms with Gasteiger partial charge in [-0.15, -0.1) is 0 Å². The zero-order valence-electron chi connectivity index (χ0n) is 12.8. The molecule has 2 rings (SSSR count). The Kier molecular flexibility index (Phi) is 5.14. The number of pyridine rings is 1. The first-order valence-corrected chi connectivity index (χ1v) is 7.92. The second-order valence-electron chi connectivity index (χ2n) is 5.78. The highest BCUT2D eigenvalue weighted by Crippen LogP contribution is 2.37. The van der Waals surface area contributed by atoms with Gasteiger partial charge in [0, 0.05) is 43.3 Å². The fraction of sp³-hybridized carbons (Fsp3) is 0.600. The van der Waals surface area contributed by atoms with Gasteiger partial charge in [-0.25, -0.2) is 4.98 Å². The molecule has 2 atom stereocenters. The number of rotatable bonds is 4. The van der Waals surface area contributed by atoms with E-state index in [9.17, 15) is 13.2 Å². The van der Waals surface area contributed by atoms with Gasteiger partial charge in [0.25, 0.3) is 0 Å². The van der Waals surface area contributed by atoms with E-state index < -0.39 is 12.6 Å². The van der Waals surface area contributed by atoms with Crippen molar-refractivity contribution in [1.29, 1.82) is 0 Å². The van der Waals surface area contributed by atoms with Gasteiger partial charge in [0.1, 0.15) is 4.60 Å². The highest BCUT2D eigenvalue weighted by Gasteiger charge is 2.36. The zero-order valence-corrected chi connectivity index (χ0v) is 14.4. The lowest BCUT2D eigenvalue weighted by Crippen LogP contribution is -2.26. The van der Waals surface area contributed by atoms with Crippen molar-refractivity contribution in [1.82, 2.24) is 9.99 Å². The van der Waals surface area contributed by atoms with Crippen LogP contribution in [0.25, 0.3) is 0 Å². The smallest absolute Gasteiger partial charge is 0.299 e. The summed E-state index contributed by atoms with van der Waals surface area (Å²) >= 11 is 3.32. The Morgan fingerprint density at radius 2 is 2.05 bits per heavy atom. The molecule has 1 aliphatic rings. The number of hydrogen-bond acceptors (Lipinski definition) is 3. The van der Waals surface area contributed by atoms with E-state index in [1.807, 2.05) is 27.0 Å². The maximum atomic E-state index is 12.7. The van der Waals surface area contributed by atoms with Gasteiger partial charge in [-0.2, -0.15) is 18.3 Å². The van der Waals surface area contributed by atoms with Crippen molar-refractivity contribution in [3.63, 3.8) is 0 Å². The number of aromatic nitrogens is 1. The molecule has 3 nitrogen and oxygen atoms in total. The lowest BCUT2D eigenvalue weighted by atomic mass is 9.81. The van der Waals surface area contributed by atoms with Crippen LogP contribution in [-0.4, -0.2) is 35.5 Å². The van der Waals surface area contributed by atoms with Crippen LogP contribution in [-0.2, 0) is 0 Å². The number of hydrogen-bond donors (Lipinski definition) is 0. The summed E-state index contributed by atoms with van der Waals surface area (Å²) in [4.78, 5) is 4.45. The molecule has 2 unspecified atom stereocenters. The second-order valence-corrected chi connectivity index (χ2v) is 6.60. The van der Waals surface area contributed by atoms with Gasteiger partial charge in [-0.3, -0.25) is 5.01 Å². The Labute approximate surface area is 136 Å². The van der Waals surface area contributed by atoms with Crippen LogP contribution in [0.15, 0.2) is 21.8 Å². The van der Waals surface area contributed by atoms with Crippen LogP contribution in [0.4, 0.5) is 13.2 Å². The van der Waals surface area contributed by atoms with Crippen molar-refractivity contribution < 1.29 is 13.2 Å². The average molecular weight is 378 g/mol. The molecule has 1 aromatic heterocycles. The lowest BCUT2D eigenvalue weighted by molar-refractivity contribution is -0.136. The Balaban J connectivity index is 2.33. The van der Waals surface area contributed by atoms with Gasteiger partial charge in [-0.1, -0.05) is 6.07 Å². The monoisotopic (exact) mass is 377 g/mol. The molecular weight excluding hydrogens is 359 g/mol. The maximum absolute atomic E-state index is 12.7. The van der Waals surface area contributed by atoms with Crippen molar-refractivity contribution in [3.8, 4) is 0 Å². The fourth-order valence-corrected chi connectivity index (χ4v) is 3.29. The Bertz CT molecular complexity index is 572. The summed E-state index contributed by atoms with van der Waals surface area (Å²) < 4.78 is 38.8. The Morgan fingerprint density at radius 3 is 2.59 bits per heavy atom. The molecule has 0 spiro atoms. The first-order valence-electron chi connectivity index (χ1n) is 7.13. The third-order valence-corrected chi connectivity index (χ3v) is 4.45. The number of aryl methyl sites for hydroxylation is 1. The van der Waals surface area contributed by atoms with Crippen LogP contribution >= 0.6 is 15.9 Å². The maximum Gasteiger partial charge on any atom is 0.389 e. The fourth-order valence-electron chi connectivity index (χ4n) is 2.96. The zero-order chi connectivity index (χ0) is 16.5. The van der Waals surface area contributed by atoms with Crippen molar-refractivity contribution in [3.05, 3.63) is 28.0 Å². The van der Waals surface area contributed by atoms with E-state index in [0.717, 1.165) is 17.0 Å². The minimum atomic E-state index is -4.16. The predicted octanol–water partition coefficient (Wildman–Crippen LogP) is 4.52. The average Bonchev–Trinajstić information content (AvgIpc) is 2.72. The Hall–Kier alpha value is -1.11. The lowest BCUT2D eigenvalue weighted by Gasteiger charge is -2.25. The summed E-state index contributed by atoms with van der Waals surface area (Å²) in [6.07, 6.45) is -4.94. The molecule has 1 aromatic rings. The van der Waals surface area contributed by atoms with Gasteiger partial charge in [0.05, 0.1) is 0 Å². The van der Waals surface area contributed by atoms with Crippen molar-refractivity contribution in [2.24, 2.45) is 11.0 Å². The van der Waals surface area contributed by atoms with E-state index in [1.165, 1.54) is 0 Å². The highest BCUT2D eigenvalue weighted by atomic mass is 79.9. The molecule has 0 aromatic carbocycles. The summed E-state index contributed by atoms with van der Waals surface area (Å²) in [6, 6.07) is 3.69. The molecule has 0 radical (unpaired) electrons. The molecule has 0 saturated heterocycles. The largest absolute Gasteiger partial charge is 0.389 e. The normalized spacial score (nSPS) is 20.2. The van der Waals surface area contributed by atoms with Crippen LogP contribution in [0.2, 0.25) is 0 Å². The number of hydrazone groups is 1. The Morgan fingerprint density at radius 1 is 1.36 bits per heavy atom. The van der Waals surface area contributed by atoms with Gasteiger partial charge in [-0.05, 0) is 47.8 Å². The number of nitrogens with zero attached hydrogens (tertiary/aromatic N) is 3. The molecule has 22 heavy (non-hydrogen) atoms. The van der Waals surface area contributed by atoms with Gasteiger partial charge >= 0.3 is 6.18 Å². The van der Waals surface area contributed by atoms with E-state index in [0.29, 0.717) is 11.1 Å². The van der Waals surface area contributed by atoms with E-state index in [-0.39, 0.29) is 18.3 Å². The van der Waals surface area contributed by atoms with E-state index in [2.05, 4.69) is 26.0 Å². The molecule has 0 N–H and O–H groups in total. The van der Waals surface area contributed by atoms with Gasteiger partial charge < -0.3 is 0 Å². The molecule has 0 amide bonds. The molecule has 122 valence electrons. The summed E-state index contributed by atoms with van der Waals surface area (Å²) in [5, 5.41) is 6.13. The number of halogens is 4. The van der Waals surface area contributed by atoms with Gasteiger partial charge in [0.2, 0.25) is 0 Å². The molecule has 0 saturated carbocycles. The van der Waals surface area contributed by atoms with Crippen LogP contribution in [0.3, 0.4) is 0 Å². The molecular formula is C15H19BrF3N3. The topological polar surface area (TPSA) is 28.5 Å². The van der Waals surface area contributed by atoms with Gasteiger partial charge in [0.15, 0.2) is 0 Å². The standard InChI is InChI=1S/C15H19BrF3N3/c1-9-4-5-13(16)20-14(9)11(6-7-15(17,18)19)12-8-22(3)21-10(12)2/h4-5,11-12H,6-8H2,1-3H3. The minimum absolute atomic E-state index is 0.0269. The molecule has 1 aliphatic heterocycles. The first kappa shape index (κ1) is 17.2. The third kappa shape index (κ3) is 4.21. The minimum Gasteiger partial charge on any atom is -0.299 e. The highest BCUT2D eigenvalue weighted by molar-refractivity contribution is 9.10. The van der Waals surface area contributed by atoms with Crippen molar-refractivity contribution in [2.75, 3.05) is 13.6 Å².